The van der Waals surface area contributed by atoms with Gasteiger partial charge in [-0.1, -0.05) is 32.4 Å². The van der Waals surface area contributed by atoms with Crippen molar-refractivity contribution >= 4 is 8.58 Å². The number of hydrogen-bond donors (Lipinski definition) is 0. The first-order valence-corrected chi connectivity index (χ1v) is 6.83. The fraction of sp³-hybridized carbons (Fsp3) is 0.818. The first-order chi connectivity index (χ1) is 5.81. The molecule has 0 aliphatic carbocycles. The maximum Gasteiger partial charge on any atom is -0.0262 e. The van der Waals surface area contributed by atoms with Crippen LogP contribution in [0.25, 0.3) is 0 Å². The Bertz CT molecular complexity index is 108. The third-order valence-corrected chi connectivity index (χ3v) is 2.86. The predicted octanol–water partition coefficient (Wildman–Crippen LogP) is 4.07. The van der Waals surface area contributed by atoms with Crippen molar-refractivity contribution in [2.45, 2.75) is 39.5 Å². The quantitative estimate of drug-likeness (QED) is 0.319. The van der Waals surface area contributed by atoms with E-state index in [0.29, 0.717) is 0 Å². The smallest absolute Gasteiger partial charge is 0.0262 e. The highest BCUT2D eigenvalue weighted by atomic mass is 31.1. The average Bonchev–Trinajstić information content (AvgIpc) is 2.06. The average molecular weight is 186 g/mol. The first-order valence-electron chi connectivity index (χ1n) is 5.12. The third-order valence-electron chi connectivity index (χ3n) is 2.01. The van der Waals surface area contributed by atoms with Crippen LogP contribution in [-0.4, -0.2) is 12.8 Å². The zero-order chi connectivity index (χ0) is 9.23. The lowest BCUT2D eigenvalue weighted by molar-refractivity contribution is 0.635. The van der Waals surface area contributed by atoms with E-state index in [1.165, 1.54) is 31.8 Å². The van der Waals surface area contributed by atoms with E-state index in [1.807, 2.05) is 0 Å². The summed E-state index contributed by atoms with van der Waals surface area (Å²) in [5.74, 6) is 0.799. The van der Waals surface area contributed by atoms with Crippen LogP contribution in [0.4, 0.5) is 0 Å². The van der Waals surface area contributed by atoms with Crippen LogP contribution in [0.2, 0.25) is 0 Å². The molecule has 2 atom stereocenters. The van der Waals surface area contributed by atoms with Crippen LogP contribution in [-0.2, 0) is 0 Å². The highest BCUT2D eigenvalue weighted by molar-refractivity contribution is 7.36. The summed E-state index contributed by atoms with van der Waals surface area (Å²) in [4.78, 5) is 0. The lowest BCUT2D eigenvalue weighted by Gasteiger charge is -2.04. The Hall–Kier alpha value is 0.170. The zero-order valence-corrected chi connectivity index (χ0v) is 9.77. The largest absolute Gasteiger partial charge is 0.125 e. The minimum Gasteiger partial charge on any atom is -0.125 e. The molecule has 0 N–H and O–H groups in total. The molecule has 0 fully saturated rings. The Balaban J connectivity index is 3.26. The minimum absolute atomic E-state index is 0.799. The van der Waals surface area contributed by atoms with Gasteiger partial charge in [0.05, 0.1) is 0 Å². The van der Waals surface area contributed by atoms with E-state index >= 15 is 0 Å². The molecule has 0 rings (SSSR count). The highest BCUT2D eigenvalue weighted by Crippen LogP contribution is 2.12. The van der Waals surface area contributed by atoms with Gasteiger partial charge in [0.2, 0.25) is 0 Å². The summed E-state index contributed by atoms with van der Waals surface area (Å²) in [6.07, 6.45) is 11.4. The molecule has 0 aromatic rings. The molecule has 0 bridgehead atoms. The molecular formula is C11H23P. The summed E-state index contributed by atoms with van der Waals surface area (Å²) in [5.41, 5.74) is 0. The molecule has 0 spiro atoms. The molecule has 0 aliphatic heterocycles. The van der Waals surface area contributed by atoms with Gasteiger partial charge in [0.15, 0.2) is 0 Å². The monoisotopic (exact) mass is 186 g/mol. The fourth-order valence-electron chi connectivity index (χ4n) is 1.19. The fourth-order valence-corrected chi connectivity index (χ4v) is 1.75. The maximum atomic E-state index is 2.38. The Morgan fingerprint density at radius 1 is 1.42 bits per heavy atom. The first kappa shape index (κ1) is 12.2. The molecule has 0 saturated carbocycles. The van der Waals surface area contributed by atoms with Gasteiger partial charge in [-0.15, -0.1) is 8.58 Å². The van der Waals surface area contributed by atoms with E-state index in [2.05, 4.69) is 32.7 Å². The summed E-state index contributed by atoms with van der Waals surface area (Å²) < 4.78 is 0. The molecule has 2 unspecified atom stereocenters. The highest BCUT2D eigenvalue weighted by Gasteiger charge is 1.94. The van der Waals surface area contributed by atoms with Crippen LogP contribution in [0.1, 0.15) is 39.5 Å². The molecule has 12 heavy (non-hydrogen) atoms. The van der Waals surface area contributed by atoms with E-state index in [-0.39, 0.29) is 0 Å². The second-order valence-corrected chi connectivity index (χ2v) is 4.65. The predicted molar refractivity (Wildman–Crippen MR) is 61.6 cm³/mol. The van der Waals surface area contributed by atoms with Crippen molar-refractivity contribution in [2.75, 3.05) is 12.8 Å². The van der Waals surface area contributed by atoms with Gasteiger partial charge in [0.1, 0.15) is 0 Å². The molecule has 1 heteroatoms. The maximum absolute atomic E-state index is 2.38. The van der Waals surface area contributed by atoms with E-state index in [0.717, 1.165) is 14.5 Å². The van der Waals surface area contributed by atoms with E-state index in [4.69, 9.17) is 0 Å². The van der Waals surface area contributed by atoms with Crippen molar-refractivity contribution in [2.24, 2.45) is 5.92 Å². The molecule has 0 aromatic heterocycles. The van der Waals surface area contributed by atoms with Crippen molar-refractivity contribution in [3.8, 4) is 0 Å². The molecule has 0 heterocycles. The molecular weight excluding hydrogens is 163 g/mol. The van der Waals surface area contributed by atoms with Crippen molar-refractivity contribution in [1.82, 2.24) is 0 Å². The van der Waals surface area contributed by atoms with Gasteiger partial charge in [0, 0.05) is 0 Å². The van der Waals surface area contributed by atoms with Crippen LogP contribution in [0.15, 0.2) is 12.2 Å². The van der Waals surface area contributed by atoms with Crippen molar-refractivity contribution in [3.05, 3.63) is 12.2 Å². The van der Waals surface area contributed by atoms with Gasteiger partial charge in [0.25, 0.3) is 0 Å². The summed E-state index contributed by atoms with van der Waals surface area (Å²) in [7, 11) is 1.14. The molecule has 0 saturated heterocycles. The normalized spacial score (nSPS) is 14.9. The second-order valence-electron chi connectivity index (χ2n) is 3.44. The van der Waals surface area contributed by atoms with E-state index in [9.17, 15) is 0 Å². The van der Waals surface area contributed by atoms with Crippen molar-refractivity contribution < 1.29 is 0 Å². The van der Waals surface area contributed by atoms with Gasteiger partial charge in [-0.3, -0.25) is 0 Å². The van der Waals surface area contributed by atoms with Gasteiger partial charge >= 0.3 is 0 Å². The van der Waals surface area contributed by atoms with Gasteiger partial charge in [-0.05, 0) is 38.0 Å². The molecule has 0 nitrogen and oxygen atoms in total. The Morgan fingerprint density at radius 2 is 2.17 bits per heavy atom. The number of hydrogen-bond acceptors (Lipinski definition) is 0. The number of unbranched alkanes of at least 4 members (excludes halogenated alkanes) is 1. The SMILES string of the molecule is CCCC=CC(C)CCCPC. The van der Waals surface area contributed by atoms with Crippen LogP contribution in [0.5, 0.6) is 0 Å². The lowest BCUT2D eigenvalue weighted by atomic mass is 10.1. The van der Waals surface area contributed by atoms with Crippen LogP contribution in [0, 0.1) is 5.92 Å². The summed E-state index contributed by atoms with van der Waals surface area (Å²) in [5, 5.41) is 0. The molecule has 0 amide bonds. The van der Waals surface area contributed by atoms with Crippen molar-refractivity contribution in [3.63, 3.8) is 0 Å². The zero-order valence-electron chi connectivity index (χ0n) is 8.77. The van der Waals surface area contributed by atoms with Crippen LogP contribution in [0.3, 0.4) is 0 Å². The standard InChI is InChI=1S/C11H23P/c1-4-5-6-8-11(2)9-7-10-12-3/h6,8,11-12H,4-5,7,9-10H2,1-3H3. The molecule has 0 aliphatic rings. The van der Waals surface area contributed by atoms with Gasteiger partial charge in [-0.25, -0.2) is 0 Å². The van der Waals surface area contributed by atoms with Crippen molar-refractivity contribution in [1.29, 1.82) is 0 Å². The van der Waals surface area contributed by atoms with Gasteiger partial charge < -0.3 is 0 Å². The lowest BCUT2D eigenvalue weighted by Crippen LogP contribution is -1.90. The van der Waals surface area contributed by atoms with Gasteiger partial charge in [-0.2, -0.15) is 0 Å². The number of rotatable bonds is 7. The second kappa shape index (κ2) is 9.26. The topological polar surface area (TPSA) is 0 Å². The number of allylic oxidation sites excluding steroid dienone is 2. The molecule has 72 valence electrons. The Kier molecular flexibility index (Phi) is 9.39. The van der Waals surface area contributed by atoms with Crippen LogP contribution < -0.4 is 0 Å². The van der Waals surface area contributed by atoms with E-state index in [1.54, 1.807) is 0 Å². The summed E-state index contributed by atoms with van der Waals surface area (Å²) >= 11 is 0. The Labute approximate surface area is 79.6 Å². The summed E-state index contributed by atoms with van der Waals surface area (Å²) in [6, 6.07) is 0. The molecule has 0 radical (unpaired) electrons. The Morgan fingerprint density at radius 3 is 2.75 bits per heavy atom. The third kappa shape index (κ3) is 8.27. The molecule has 0 aromatic carbocycles. The van der Waals surface area contributed by atoms with E-state index < -0.39 is 0 Å². The summed E-state index contributed by atoms with van der Waals surface area (Å²) in [6.45, 7) is 6.84. The minimum atomic E-state index is 0.799. The van der Waals surface area contributed by atoms with Crippen LogP contribution >= 0.6 is 8.58 Å².